The Bertz CT molecular complexity index is 711. The van der Waals surface area contributed by atoms with Crippen molar-refractivity contribution in [1.82, 2.24) is 5.32 Å². The smallest absolute Gasteiger partial charge is 0.255 e. The average Bonchev–Trinajstić information content (AvgIpc) is 2.62. The van der Waals surface area contributed by atoms with Crippen LogP contribution in [-0.4, -0.2) is 47.2 Å². The van der Waals surface area contributed by atoms with Gasteiger partial charge in [-0.25, -0.2) is 0 Å². The highest BCUT2D eigenvalue weighted by molar-refractivity contribution is 5.96. The maximum atomic E-state index is 12.6. The van der Waals surface area contributed by atoms with Gasteiger partial charge in [-0.05, 0) is 31.2 Å². The molecule has 5 heteroatoms. The zero-order chi connectivity index (χ0) is 19.1. The summed E-state index contributed by atoms with van der Waals surface area (Å²) in [6.45, 7) is 3.01. The largest absolute Gasteiger partial charge is 0.493 e. The predicted octanol–water partition coefficient (Wildman–Crippen LogP) is 1.77. The number of benzene rings is 2. The molecule has 1 amide bonds. The van der Waals surface area contributed by atoms with E-state index in [1.54, 1.807) is 6.07 Å². The molecule has 2 aromatic carbocycles. The van der Waals surface area contributed by atoms with E-state index in [9.17, 15) is 4.79 Å². The fraction of sp³-hybridized carbons (Fsp3) is 0.381. The van der Waals surface area contributed by atoms with Crippen LogP contribution in [0.3, 0.4) is 0 Å². The molecule has 0 aliphatic carbocycles. The molecule has 5 nitrogen and oxygen atoms in total. The number of hydrogen-bond acceptors (Lipinski definition) is 3. The number of amides is 1. The summed E-state index contributed by atoms with van der Waals surface area (Å²) in [6, 6.07) is 16.0. The van der Waals surface area contributed by atoms with Gasteiger partial charge in [0.1, 0.15) is 11.8 Å². The van der Waals surface area contributed by atoms with Crippen molar-refractivity contribution in [2.24, 2.45) is 0 Å². The van der Waals surface area contributed by atoms with E-state index in [1.165, 1.54) is 10.5 Å². The Morgan fingerprint density at radius 1 is 1.12 bits per heavy atom. The monoisotopic (exact) mass is 356 g/mol. The molecule has 0 unspecified atom stereocenters. The maximum absolute atomic E-state index is 12.6. The number of para-hydroxylation sites is 1. The number of nitrogens with one attached hydrogen (secondary N) is 2. The van der Waals surface area contributed by atoms with Crippen molar-refractivity contribution in [3.05, 3.63) is 59.7 Å². The summed E-state index contributed by atoms with van der Waals surface area (Å²) in [5, 5.41) is 3.06. The Kier molecular flexibility index (Phi) is 7.04. The minimum absolute atomic E-state index is 0.106. The first-order valence-corrected chi connectivity index (χ1v) is 9.01. The minimum Gasteiger partial charge on any atom is -0.493 e. The number of carbonyl (C=O) groups is 1. The Morgan fingerprint density at radius 2 is 1.77 bits per heavy atom. The Hall–Kier alpha value is -2.53. The summed E-state index contributed by atoms with van der Waals surface area (Å²) in [6.07, 6.45) is 0. The van der Waals surface area contributed by atoms with Crippen LogP contribution in [0.1, 0.15) is 28.9 Å². The number of likely N-dealkylation sites (N-methyl/N-ethyl adjacent to an activating group) is 1. The number of rotatable bonds is 8. The molecule has 0 aliphatic heterocycles. The SMILES string of the molecule is CCOc1ccccc1C(=O)NC[C@H](c1ccc(N(C)C)cc1)[NH+](C)C. The number of carbonyl (C=O) groups excluding carboxylic acids is 1. The fourth-order valence-corrected chi connectivity index (χ4v) is 2.89. The number of anilines is 1. The summed E-state index contributed by atoms with van der Waals surface area (Å²) in [5.74, 6) is 0.516. The van der Waals surface area contributed by atoms with E-state index >= 15 is 0 Å². The molecule has 0 heterocycles. The van der Waals surface area contributed by atoms with Crippen LogP contribution in [0.15, 0.2) is 48.5 Å². The van der Waals surface area contributed by atoms with E-state index in [0.717, 1.165) is 5.69 Å². The standard InChI is InChI=1S/C21H29N3O2/c1-6-26-20-10-8-7-9-18(20)21(25)22-15-19(24(4)5)16-11-13-17(14-12-16)23(2)3/h7-14,19H,6,15H2,1-5H3,(H,22,25)/p+1/t19-/m1/s1. The molecule has 0 aliphatic rings. The second-order valence-corrected chi connectivity index (χ2v) is 6.76. The lowest BCUT2D eigenvalue weighted by molar-refractivity contribution is -0.890. The van der Waals surface area contributed by atoms with Crippen molar-refractivity contribution < 1.29 is 14.4 Å². The average molecular weight is 356 g/mol. The Morgan fingerprint density at radius 3 is 2.35 bits per heavy atom. The molecule has 0 aromatic heterocycles. The third-order valence-corrected chi connectivity index (χ3v) is 4.41. The first-order valence-electron chi connectivity index (χ1n) is 9.01. The van der Waals surface area contributed by atoms with E-state index in [1.807, 2.05) is 39.2 Å². The van der Waals surface area contributed by atoms with Crippen LogP contribution in [0, 0.1) is 0 Å². The Labute approximate surface area is 156 Å². The van der Waals surface area contributed by atoms with Crippen molar-refractivity contribution >= 4 is 11.6 Å². The molecular weight excluding hydrogens is 326 g/mol. The van der Waals surface area contributed by atoms with Gasteiger partial charge in [-0.1, -0.05) is 24.3 Å². The van der Waals surface area contributed by atoms with Gasteiger partial charge < -0.3 is 19.9 Å². The van der Waals surface area contributed by atoms with E-state index < -0.39 is 0 Å². The molecule has 0 saturated carbocycles. The lowest BCUT2D eigenvalue weighted by Gasteiger charge is -2.23. The highest BCUT2D eigenvalue weighted by Gasteiger charge is 2.20. The molecule has 0 spiro atoms. The van der Waals surface area contributed by atoms with Crippen molar-refractivity contribution in [3.8, 4) is 5.75 Å². The van der Waals surface area contributed by atoms with Crippen LogP contribution < -0.4 is 19.9 Å². The van der Waals surface area contributed by atoms with Crippen LogP contribution in [0.2, 0.25) is 0 Å². The highest BCUT2D eigenvalue weighted by Crippen LogP contribution is 2.19. The quantitative estimate of drug-likeness (QED) is 0.758. The maximum Gasteiger partial charge on any atom is 0.255 e. The van der Waals surface area contributed by atoms with Gasteiger partial charge in [0.15, 0.2) is 0 Å². The van der Waals surface area contributed by atoms with E-state index in [0.29, 0.717) is 24.5 Å². The number of ether oxygens (including phenoxy) is 1. The van der Waals surface area contributed by atoms with Gasteiger partial charge in [0.05, 0.1) is 32.8 Å². The first kappa shape index (κ1) is 19.8. The van der Waals surface area contributed by atoms with Gasteiger partial charge in [-0.2, -0.15) is 0 Å². The fourth-order valence-electron chi connectivity index (χ4n) is 2.89. The van der Waals surface area contributed by atoms with Crippen LogP contribution in [0.5, 0.6) is 5.75 Å². The molecule has 26 heavy (non-hydrogen) atoms. The summed E-state index contributed by atoms with van der Waals surface area (Å²) >= 11 is 0. The lowest BCUT2D eigenvalue weighted by Crippen LogP contribution is -3.07. The van der Waals surface area contributed by atoms with Crippen molar-refractivity contribution in [2.45, 2.75) is 13.0 Å². The number of nitrogens with zero attached hydrogens (tertiary/aromatic N) is 1. The van der Waals surface area contributed by atoms with Gasteiger partial charge in [-0.15, -0.1) is 0 Å². The molecule has 0 bridgehead atoms. The van der Waals surface area contributed by atoms with Gasteiger partial charge in [0.2, 0.25) is 0 Å². The summed E-state index contributed by atoms with van der Waals surface area (Å²) < 4.78 is 5.56. The van der Waals surface area contributed by atoms with Crippen LogP contribution in [0.25, 0.3) is 0 Å². The van der Waals surface area contributed by atoms with E-state index in [4.69, 9.17) is 4.74 Å². The topological polar surface area (TPSA) is 46.0 Å². The summed E-state index contributed by atoms with van der Waals surface area (Å²) in [4.78, 5) is 16.0. The van der Waals surface area contributed by atoms with E-state index in [2.05, 4.69) is 48.6 Å². The predicted molar refractivity (Wildman–Crippen MR) is 106 cm³/mol. The molecule has 1 atom stereocenters. The second kappa shape index (κ2) is 9.25. The first-order chi connectivity index (χ1) is 12.4. The van der Waals surface area contributed by atoms with Gasteiger partial charge in [0.25, 0.3) is 5.91 Å². The molecule has 140 valence electrons. The van der Waals surface area contributed by atoms with Crippen molar-refractivity contribution in [2.75, 3.05) is 46.2 Å². The van der Waals surface area contributed by atoms with Gasteiger partial charge in [0, 0.05) is 25.3 Å². The Balaban J connectivity index is 2.10. The van der Waals surface area contributed by atoms with Crippen molar-refractivity contribution in [1.29, 1.82) is 0 Å². The van der Waals surface area contributed by atoms with E-state index in [-0.39, 0.29) is 11.9 Å². The number of quaternary nitrogens is 1. The minimum atomic E-state index is -0.106. The molecule has 2 N–H and O–H groups in total. The van der Waals surface area contributed by atoms with Crippen LogP contribution in [-0.2, 0) is 0 Å². The van der Waals surface area contributed by atoms with Crippen LogP contribution in [0.4, 0.5) is 5.69 Å². The molecule has 0 fully saturated rings. The third kappa shape index (κ3) is 4.99. The zero-order valence-electron chi connectivity index (χ0n) is 16.4. The molecule has 2 aromatic rings. The third-order valence-electron chi connectivity index (χ3n) is 4.41. The molecule has 2 rings (SSSR count). The molecular formula is C21H30N3O2+. The van der Waals surface area contributed by atoms with Gasteiger partial charge in [-0.3, -0.25) is 4.79 Å². The normalized spacial score (nSPS) is 11.9. The molecule has 0 saturated heterocycles. The highest BCUT2D eigenvalue weighted by atomic mass is 16.5. The number of hydrogen-bond donors (Lipinski definition) is 2. The molecule has 0 radical (unpaired) electrons. The van der Waals surface area contributed by atoms with Gasteiger partial charge >= 0.3 is 0 Å². The van der Waals surface area contributed by atoms with Crippen LogP contribution >= 0.6 is 0 Å². The second-order valence-electron chi connectivity index (χ2n) is 6.76. The lowest BCUT2D eigenvalue weighted by atomic mass is 10.0. The summed E-state index contributed by atoms with van der Waals surface area (Å²) in [5.41, 5.74) is 2.94. The van der Waals surface area contributed by atoms with Crippen molar-refractivity contribution in [3.63, 3.8) is 0 Å². The zero-order valence-corrected chi connectivity index (χ0v) is 16.4. The summed E-state index contributed by atoms with van der Waals surface area (Å²) in [7, 11) is 8.26.